The van der Waals surface area contributed by atoms with E-state index in [0.29, 0.717) is 0 Å². The number of hydrogen-bond acceptors (Lipinski definition) is 0. The van der Waals surface area contributed by atoms with E-state index in [9.17, 15) is 0 Å². The minimum atomic E-state index is 0.907. The van der Waals surface area contributed by atoms with Gasteiger partial charge in [-0.05, 0) is 37.5 Å². The van der Waals surface area contributed by atoms with Gasteiger partial charge in [0.1, 0.15) is 0 Å². The maximum atomic E-state index is 2.68. The van der Waals surface area contributed by atoms with Crippen molar-refractivity contribution in [2.75, 3.05) is 0 Å². The molecule has 0 aromatic carbocycles. The lowest BCUT2D eigenvalue weighted by Gasteiger charge is -2.28. The third-order valence-electron chi connectivity index (χ3n) is 6.40. The molecule has 154 valence electrons. The summed E-state index contributed by atoms with van der Waals surface area (Å²) in [5.41, 5.74) is 0. The van der Waals surface area contributed by atoms with E-state index in [4.69, 9.17) is 0 Å². The number of unbranched alkanes of at least 4 members (excludes halogenated alkanes) is 14. The van der Waals surface area contributed by atoms with Crippen molar-refractivity contribution >= 4 is 0 Å². The van der Waals surface area contributed by atoms with Crippen LogP contribution in [0.15, 0.2) is 0 Å². The first-order valence-corrected chi connectivity index (χ1v) is 12.5. The summed E-state index contributed by atoms with van der Waals surface area (Å²) in [4.78, 5) is 0. The molecule has 2 atom stereocenters. The molecule has 0 saturated heterocycles. The second-order valence-corrected chi connectivity index (χ2v) is 8.99. The van der Waals surface area contributed by atoms with Crippen LogP contribution in [0, 0.1) is 24.7 Å². The van der Waals surface area contributed by atoms with E-state index in [2.05, 4.69) is 26.7 Å². The first-order chi connectivity index (χ1) is 12.9. The lowest BCUT2D eigenvalue weighted by atomic mass is 9.78. The molecule has 1 rings (SSSR count). The molecule has 0 aromatic heterocycles. The zero-order chi connectivity index (χ0) is 18.7. The van der Waals surface area contributed by atoms with E-state index >= 15 is 0 Å². The van der Waals surface area contributed by atoms with Gasteiger partial charge < -0.3 is 0 Å². The molecule has 1 fully saturated rings. The molecule has 0 heterocycles. The Bertz CT molecular complexity index is 233. The van der Waals surface area contributed by atoms with E-state index in [1.165, 1.54) is 128 Å². The van der Waals surface area contributed by atoms with Gasteiger partial charge in [-0.2, -0.15) is 0 Å². The molecule has 1 aliphatic rings. The van der Waals surface area contributed by atoms with E-state index in [1.54, 1.807) is 0 Å². The van der Waals surface area contributed by atoms with Crippen molar-refractivity contribution in [1.82, 2.24) is 0 Å². The van der Waals surface area contributed by atoms with E-state index in [-0.39, 0.29) is 0 Å². The summed E-state index contributed by atoms with van der Waals surface area (Å²) in [6.45, 7) is 4.61. The van der Waals surface area contributed by atoms with Crippen LogP contribution in [0.5, 0.6) is 0 Å². The second kappa shape index (κ2) is 18.4. The van der Waals surface area contributed by atoms with E-state index < -0.39 is 0 Å². The Morgan fingerprint density at radius 1 is 0.462 bits per heavy atom. The lowest BCUT2D eigenvalue weighted by molar-refractivity contribution is 0.372. The molecule has 0 heteroatoms. The molecule has 0 spiro atoms. The average molecular weight is 363 g/mol. The van der Waals surface area contributed by atoms with Crippen LogP contribution in [0.4, 0.5) is 0 Å². The molecule has 0 N–H and O–H groups in total. The zero-order valence-corrected chi connectivity index (χ0v) is 18.5. The van der Waals surface area contributed by atoms with Gasteiger partial charge in [-0.15, -0.1) is 0 Å². The molecule has 2 radical (unpaired) electrons. The van der Waals surface area contributed by atoms with Gasteiger partial charge in [-0.3, -0.25) is 0 Å². The summed E-state index contributed by atoms with van der Waals surface area (Å²) in [6.07, 6.45) is 34.2. The summed E-state index contributed by atoms with van der Waals surface area (Å²) in [7, 11) is 0. The third-order valence-corrected chi connectivity index (χ3v) is 6.40. The quantitative estimate of drug-likeness (QED) is 0.213. The monoisotopic (exact) mass is 362 g/mol. The Labute approximate surface area is 167 Å². The molecule has 0 amide bonds. The van der Waals surface area contributed by atoms with Crippen molar-refractivity contribution < 1.29 is 0 Å². The zero-order valence-electron chi connectivity index (χ0n) is 18.5. The predicted octanol–water partition coefficient (Wildman–Crippen LogP) is 9.48. The molecule has 0 aliphatic heterocycles. The van der Waals surface area contributed by atoms with Gasteiger partial charge in [-0.25, -0.2) is 0 Å². The Morgan fingerprint density at radius 3 is 1.08 bits per heavy atom. The largest absolute Gasteiger partial charge is 0.0654 e. The molecule has 1 saturated carbocycles. The van der Waals surface area contributed by atoms with Crippen LogP contribution in [0.25, 0.3) is 0 Å². The Morgan fingerprint density at radius 2 is 0.769 bits per heavy atom. The molecule has 26 heavy (non-hydrogen) atoms. The van der Waals surface area contributed by atoms with Gasteiger partial charge in [0.15, 0.2) is 0 Å². The van der Waals surface area contributed by atoms with Crippen molar-refractivity contribution in [3.05, 3.63) is 12.8 Å². The smallest absolute Gasteiger partial charge is 0.0352 e. The SMILES string of the molecule is CCCCCCCCCCC1[CH]CC(CCCCCCCCCC)[CH]C1. The van der Waals surface area contributed by atoms with Crippen LogP contribution >= 0.6 is 0 Å². The van der Waals surface area contributed by atoms with E-state index in [0.717, 1.165) is 11.8 Å². The topological polar surface area (TPSA) is 0 Å². The van der Waals surface area contributed by atoms with E-state index in [1.807, 2.05) is 0 Å². The maximum Gasteiger partial charge on any atom is -0.0352 e. The number of rotatable bonds is 18. The van der Waals surface area contributed by atoms with Crippen LogP contribution in [0.3, 0.4) is 0 Å². The summed E-state index contributed by atoms with van der Waals surface area (Å²) >= 11 is 0. The highest BCUT2D eigenvalue weighted by Crippen LogP contribution is 2.33. The summed E-state index contributed by atoms with van der Waals surface area (Å²) in [5, 5.41) is 0. The van der Waals surface area contributed by atoms with Crippen LogP contribution in [0.1, 0.15) is 142 Å². The molecule has 0 bridgehead atoms. The second-order valence-electron chi connectivity index (χ2n) is 8.99. The fourth-order valence-electron chi connectivity index (χ4n) is 4.48. The highest BCUT2D eigenvalue weighted by atomic mass is 14.3. The van der Waals surface area contributed by atoms with Gasteiger partial charge in [0.2, 0.25) is 0 Å². The first-order valence-electron chi connectivity index (χ1n) is 12.5. The summed E-state index contributed by atoms with van der Waals surface area (Å²) in [5.74, 6) is 1.81. The number of hydrogen-bond donors (Lipinski definition) is 0. The van der Waals surface area contributed by atoms with Crippen LogP contribution in [-0.2, 0) is 0 Å². The summed E-state index contributed by atoms with van der Waals surface area (Å²) in [6, 6.07) is 0. The van der Waals surface area contributed by atoms with Crippen molar-refractivity contribution in [2.45, 2.75) is 142 Å². The first kappa shape index (κ1) is 24.0. The molecule has 2 unspecified atom stereocenters. The van der Waals surface area contributed by atoms with Crippen LogP contribution in [-0.4, -0.2) is 0 Å². The Kier molecular flexibility index (Phi) is 17.0. The molecule has 1 aliphatic carbocycles. The fourth-order valence-corrected chi connectivity index (χ4v) is 4.48. The molecule has 0 aromatic rings. The van der Waals surface area contributed by atoms with Gasteiger partial charge in [0.05, 0.1) is 0 Å². The van der Waals surface area contributed by atoms with Crippen molar-refractivity contribution in [3.8, 4) is 0 Å². The molecular formula is C26H50. The lowest BCUT2D eigenvalue weighted by Crippen LogP contribution is -2.16. The third kappa shape index (κ3) is 14.1. The standard InChI is InChI=1S/C26H50/c1-3-5-7-9-11-13-15-17-19-25-21-23-26(24-22-25)20-18-16-14-12-10-8-6-4-2/h21,24-26H,3-20,22-23H2,1-2H3. The van der Waals surface area contributed by atoms with Gasteiger partial charge in [0, 0.05) is 0 Å². The Balaban J connectivity index is 1.83. The Hall–Kier alpha value is 0. The van der Waals surface area contributed by atoms with Crippen molar-refractivity contribution in [2.24, 2.45) is 11.8 Å². The van der Waals surface area contributed by atoms with Gasteiger partial charge >= 0.3 is 0 Å². The maximum absolute atomic E-state index is 2.68. The van der Waals surface area contributed by atoms with Crippen molar-refractivity contribution in [3.63, 3.8) is 0 Å². The molecular weight excluding hydrogens is 312 g/mol. The van der Waals surface area contributed by atoms with Crippen LogP contribution < -0.4 is 0 Å². The minimum absolute atomic E-state index is 0.907. The summed E-state index contributed by atoms with van der Waals surface area (Å²) < 4.78 is 0. The highest BCUT2D eigenvalue weighted by molar-refractivity contribution is 4.94. The van der Waals surface area contributed by atoms with Crippen molar-refractivity contribution in [1.29, 1.82) is 0 Å². The average Bonchev–Trinajstić information content (AvgIpc) is 2.67. The van der Waals surface area contributed by atoms with Gasteiger partial charge in [-0.1, -0.05) is 129 Å². The molecule has 0 nitrogen and oxygen atoms in total. The highest BCUT2D eigenvalue weighted by Gasteiger charge is 2.20. The fraction of sp³-hybridized carbons (Fsp3) is 0.923. The van der Waals surface area contributed by atoms with Gasteiger partial charge in [0.25, 0.3) is 0 Å². The minimum Gasteiger partial charge on any atom is -0.0654 e. The predicted molar refractivity (Wildman–Crippen MR) is 119 cm³/mol. The van der Waals surface area contributed by atoms with Crippen LogP contribution in [0.2, 0.25) is 0 Å². The normalized spacial score (nSPS) is 20.5.